The second kappa shape index (κ2) is 6.75. The maximum Gasteiger partial charge on any atom is 0.136 e. The minimum Gasteiger partial charge on any atom is -0.497 e. The first kappa shape index (κ1) is 14.1. The Hall–Kier alpha value is -1.29. The number of ether oxygens (including phenoxy) is 1. The lowest BCUT2D eigenvalue weighted by molar-refractivity contribution is 0.415. The molecule has 0 amide bonds. The van der Waals surface area contributed by atoms with E-state index >= 15 is 0 Å². The van der Waals surface area contributed by atoms with Crippen LogP contribution in [-0.4, -0.2) is 30.5 Å². The van der Waals surface area contributed by atoms with Gasteiger partial charge in [-0.15, -0.1) is 0 Å². The number of pyridine rings is 1. The number of aromatic nitrogens is 1. The number of hydrogen-bond acceptors (Lipinski definition) is 3. The summed E-state index contributed by atoms with van der Waals surface area (Å²) >= 11 is 3.52. The van der Waals surface area contributed by atoms with Gasteiger partial charge in [0.05, 0.1) is 7.11 Å². The Morgan fingerprint density at radius 2 is 2.11 bits per heavy atom. The Kier molecular flexibility index (Phi) is 5.02. The van der Waals surface area contributed by atoms with E-state index < -0.39 is 0 Å². The van der Waals surface area contributed by atoms with Crippen LogP contribution >= 0.6 is 15.9 Å². The average Bonchev–Trinajstić information content (AvgIpc) is 2.46. The Bertz CT molecular complexity index is 539. The second-order valence-electron chi connectivity index (χ2n) is 4.40. The highest BCUT2D eigenvalue weighted by atomic mass is 79.9. The number of hydrogen-bond donors (Lipinski definition) is 0. The summed E-state index contributed by atoms with van der Waals surface area (Å²) in [7, 11) is 1.69. The third-order valence-corrected chi connectivity index (χ3v) is 3.45. The van der Waals surface area contributed by atoms with Crippen LogP contribution in [0.15, 0.2) is 30.5 Å². The Morgan fingerprint density at radius 3 is 2.79 bits per heavy atom. The van der Waals surface area contributed by atoms with Crippen LogP contribution in [0.1, 0.15) is 13.3 Å². The number of nitrogens with zero attached hydrogens (tertiary/aromatic N) is 2. The molecule has 0 spiro atoms. The lowest BCUT2D eigenvalue weighted by Gasteiger charge is -2.23. The summed E-state index contributed by atoms with van der Waals surface area (Å²) in [6.07, 6.45) is 2.98. The number of rotatable bonds is 6. The zero-order chi connectivity index (χ0) is 13.7. The third kappa shape index (κ3) is 3.18. The lowest BCUT2D eigenvalue weighted by atomic mass is 10.1. The van der Waals surface area contributed by atoms with Crippen molar-refractivity contribution >= 4 is 32.5 Å². The number of alkyl halides is 1. The van der Waals surface area contributed by atoms with Crippen LogP contribution in [0.25, 0.3) is 10.8 Å². The molecule has 0 aliphatic carbocycles. The van der Waals surface area contributed by atoms with Gasteiger partial charge in [-0.05, 0) is 30.0 Å². The van der Waals surface area contributed by atoms with E-state index in [-0.39, 0.29) is 0 Å². The van der Waals surface area contributed by atoms with Crippen molar-refractivity contribution in [2.24, 2.45) is 0 Å². The fourth-order valence-electron chi connectivity index (χ4n) is 2.21. The quantitative estimate of drug-likeness (QED) is 0.755. The van der Waals surface area contributed by atoms with Crippen LogP contribution < -0.4 is 9.64 Å². The van der Waals surface area contributed by atoms with Crippen molar-refractivity contribution in [1.29, 1.82) is 0 Å². The maximum atomic E-state index is 5.32. The van der Waals surface area contributed by atoms with Gasteiger partial charge in [0, 0.05) is 30.0 Å². The van der Waals surface area contributed by atoms with Crippen molar-refractivity contribution in [2.45, 2.75) is 13.3 Å². The molecule has 0 unspecified atom stereocenters. The van der Waals surface area contributed by atoms with Gasteiger partial charge in [0.15, 0.2) is 0 Å². The van der Waals surface area contributed by atoms with Gasteiger partial charge in [-0.25, -0.2) is 4.98 Å². The SMILES string of the molecule is CCCN(CCBr)c1nccc2ccc(OC)cc12. The van der Waals surface area contributed by atoms with Crippen molar-refractivity contribution in [3.05, 3.63) is 30.5 Å². The summed E-state index contributed by atoms with van der Waals surface area (Å²) in [5.74, 6) is 1.91. The van der Waals surface area contributed by atoms with Crippen LogP contribution in [0.3, 0.4) is 0 Å². The Morgan fingerprint density at radius 1 is 1.26 bits per heavy atom. The average molecular weight is 323 g/mol. The molecule has 0 radical (unpaired) electrons. The highest BCUT2D eigenvalue weighted by Crippen LogP contribution is 2.28. The minimum atomic E-state index is 0.872. The van der Waals surface area contributed by atoms with Crippen LogP contribution in [0, 0.1) is 0 Å². The molecule has 0 N–H and O–H groups in total. The van der Waals surface area contributed by atoms with Gasteiger partial charge < -0.3 is 9.64 Å². The Labute approximate surface area is 122 Å². The Balaban J connectivity index is 2.50. The fourth-order valence-corrected chi connectivity index (χ4v) is 2.63. The summed E-state index contributed by atoms with van der Waals surface area (Å²) in [4.78, 5) is 6.89. The summed E-state index contributed by atoms with van der Waals surface area (Å²) < 4.78 is 5.32. The largest absolute Gasteiger partial charge is 0.497 e. The fraction of sp³-hybridized carbons (Fsp3) is 0.400. The summed E-state index contributed by atoms with van der Waals surface area (Å²) in [6, 6.07) is 8.17. The predicted molar refractivity (Wildman–Crippen MR) is 84.6 cm³/mol. The first-order valence-electron chi connectivity index (χ1n) is 6.53. The van der Waals surface area contributed by atoms with E-state index in [9.17, 15) is 0 Å². The molecule has 19 heavy (non-hydrogen) atoms. The molecule has 2 rings (SSSR count). The van der Waals surface area contributed by atoms with Crippen LogP contribution in [0.4, 0.5) is 5.82 Å². The van der Waals surface area contributed by atoms with Gasteiger partial charge in [-0.3, -0.25) is 0 Å². The number of methoxy groups -OCH3 is 1. The zero-order valence-corrected chi connectivity index (χ0v) is 13.0. The van der Waals surface area contributed by atoms with Crippen LogP contribution in [0.5, 0.6) is 5.75 Å². The van der Waals surface area contributed by atoms with Gasteiger partial charge in [-0.2, -0.15) is 0 Å². The van der Waals surface area contributed by atoms with Gasteiger partial charge in [0.25, 0.3) is 0 Å². The molecule has 4 heteroatoms. The summed E-state index contributed by atoms with van der Waals surface area (Å²) in [5.41, 5.74) is 0. The zero-order valence-electron chi connectivity index (χ0n) is 11.4. The normalized spacial score (nSPS) is 10.7. The number of halogens is 1. The lowest BCUT2D eigenvalue weighted by Crippen LogP contribution is -2.27. The minimum absolute atomic E-state index is 0.872. The molecule has 1 aromatic carbocycles. The van der Waals surface area contributed by atoms with E-state index in [0.29, 0.717) is 0 Å². The highest BCUT2D eigenvalue weighted by Gasteiger charge is 2.11. The molecule has 0 aliphatic heterocycles. The van der Waals surface area contributed by atoms with E-state index in [0.717, 1.165) is 41.8 Å². The van der Waals surface area contributed by atoms with Crippen molar-refractivity contribution in [3.63, 3.8) is 0 Å². The molecule has 0 bridgehead atoms. The second-order valence-corrected chi connectivity index (χ2v) is 5.19. The number of anilines is 1. The molecule has 0 fully saturated rings. The molecule has 0 saturated carbocycles. The number of fused-ring (bicyclic) bond motifs is 1. The molecule has 0 saturated heterocycles. The van der Waals surface area contributed by atoms with E-state index in [1.54, 1.807) is 7.11 Å². The standard InChI is InChI=1S/C15H19BrN2O/c1-3-9-18(10-7-16)15-14-11-13(19-2)5-4-12(14)6-8-17-15/h4-6,8,11H,3,7,9-10H2,1-2H3. The topological polar surface area (TPSA) is 25.4 Å². The smallest absolute Gasteiger partial charge is 0.136 e. The summed E-state index contributed by atoms with van der Waals surface area (Å²) in [6.45, 7) is 4.15. The van der Waals surface area contributed by atoms with Crippen LogP contribution in [-0.2, 0) is 0 Å². The van der Waals surface area contributed by atoms with Crippen molar-refractivity contribution in [3.8, 4) is 5.75 Å². The van der Waals surface area contributed by atoms with Gasteiger partial charge in [0.2, 0.25) is 0 Å². The van der Waals surface area contributed by atoms with Crippen molar-refractivity contribution in [1.82, 2.24) is 4.98 Å². The molecule has 1 aromatic heterocycles. The monoisotopic (exact) mass is 322 g/mol. The van der Waals surface area contributed by atoms with E-state index in [2.05, 4.69) is 44.9 Å². The van der Waals surface area contributed by atoms with Crippen molar-refractivity contribution in [2.75, 3.05) is 30.4 Å². The molecule has 0 atom stereocenters. The number of benzene rings is 1. The van der Waals surface area contributed by atoms with E-state index in [4.69, 9.17) is 4.74 Å². The molecular formula is C15H19BrN2O. The predicted octanol–water partition coefficient (Wildman–Crippen LogP) is 3.85. The van der Waals surface area contributed by atoms with Gasteiger partial charge in [-0.1, -0.05) is 28.9 Å². The molecule has 1 heterocycles. The highest BCUT2D eigenvalue weighted by molar-refractivity contribution is 9.09. The first-order valence-corrected chi connectivity index (χ1v) is 7.66. The summed E-state index contributed by atoms with van der Waals surface area (Å²) in [5, 5.41) is 3.28. The van der Waals surface area contributed by atoms with Crippen LogP contribution in [0.2, 0.25) is 0 Å². The van der Waals surface area contributed by atoms with E-state index in [1.165, 1.54) is 5.39 Å². The molecule has 0 aliphatic rings. The molecular weight excluding hydrogens is 304 g/mol. The van der Waals surface area contributed by atoms with E-state index in [1.807, 2.05) is 18.3 Å². The first-order chi connectivity index (χ1) is 9.30. The van der Waals surface area contributed by atoms with Crippen molar-refractivity contribution < 1.29 is 4.74 Å². The molecule has 102 valence electrons. The van der Waals surface area contributed by atoms with Gasteiger partial charge >= 0.3 is 0 Å². The van der Waals surface area contributed by atoms with Gasteiger partial charge in [0.1, 0.15) is 11.6 Å². The third-order valence-electron chi connectivity index (χ3n) is 3.10. The molecule has 2 aromatic rings. The maximum absolute atomic E-state index is 5.32. The molecule has 3 nitrogen and oxygen atoms in total.